The van der Waals surface area contributed by atoms with Crippen molar-refractivity contribution in [3.05, 3.63) is 12.3 Å². The number of hydrogen-bond acceptors (Lipinski definition) is 2. The van der Waals surface area contributed by atoms with Crippen molar-refractivity contribution in [2.24, 2.45) is 5.41 Å². The number of carbonyl (C=O) groups is 1. The molecule has 62 valence electrons. The molecule has 0 saturated carbocycles. The molecule has 0 aromatic carbocycles. The van der Waals surface area contributed by atoms with Gasteiger partial charge in [0.25, 0.3) is 0 Å². The molecule has 0 spiro atoms. The summed E-state index contributed by atoms with van der Waals surface area (Å²) in [6.07, 6.45) is 2.81. The van der Waals surface area contributed by atoms with Gasteiger partial charge in [-0.05, 0) is 5.41 Å². The molecule has 0 bridgehead atoms. The van der Waals surface area contributed by atoms with Crippen LogP contribution >= 0.6 is 0 Å². The van der Waals surface area contributed by atoms with Gasteiger partial charge in [-0.3, -0.25) is 0 Å². The molecule has 1 fully saturated rings. The molecule has 3 heteroatoms. The van der Waals surface area contributed by atoms with Crippen LogP contribution in [0.3, 0.4) is 0 Å². The fraction of sp³-hybridized carbons (Fsp3) is 0.625. The summed E-state index contributed by atoms with van der Waals surface area (Å²) in [5, 5.41) is 8.30. The quantitative estimate of drug-likeness (QED) is 0.603. The highest BCUT2D eigenvalue weighted by atomic mass is 16.4. The number of nitrogens with zero attached hydrogens (tertiary/aromatic N) is 1. The molecular weight excluding hydrogens is 142 g/mol. The van der Waals surface area contributed by atoms with Crippen LogP contribution in [0.2, 0.25) is 0 Å². The van der Waals surface area contributed by atoms with Gasteiger partial charge in [0.15, 0.2) is 0 Å². The van der Waals surface area contributed by atoms with Crippen molar-refractivity contribution >= 4 is 5.97 Å². The summed E-state index contributed by atoms with van der Waals surface area (Å²) in [6.45, 7) is 6.24. The SMILES string of the molecule is CC1(C)CN(/C=C/C(=O)O)C1. The first-order valence-electron chi connectivity index (χ1n) is 3.65. The minimum Gasteiger partial charge on any atom is -0.478 e. The molecule has 0 aromatic rings. The third kappa shape index (κ3) is 2.26. The van der Waals surface area contributed by atoms with Crippen molar-refractivity contribution in [3.8, 4) is 0 Å². The predicted molar refractivity (Wildman–Crippen MR) is 42.1 cm³/mol. The molecule has 0 aromatic heterocycles. The van der Waals surface area contributed by atoms with Gasteiger partial charge >= 0.3 is 5.97 Å². The van der Waals surface area contributed by atoms with Crippen molar-refractivity contribution < 1.29 is 9.90 Å². The largest absolute Gasteiger partial charge is 0.478 e. The molecule has 0 atom stereocenters. The lowest BCUT2D eigenvalue weighted by Crippen LogP contribution is -2.49. The Morgan fingerprint density at radius 1 is 1.55 bits per heavy atom. The zero-order valence-electron chi connectivity index (χ0n) is 6.87. The van der Waals surface area contributed by atoms with Crippen LogP contribution in [0, 0.1) is 5.41 Å². The Labute approximate surface area is 66.3 Å². The summed E-state index contributed by atoms with van der Waals surface area (Å²) in [4.78, 5) is 12.1. The number of rotatable bonds is 2. The van der Waals surface area contributed by atoms with E-state index in [1.54, 1.807) is 6.20 Å². The maximum atomic E-state index is 10.1. The van der Waals surface area contributed by atoms with Gasteiger partial charge in [0.1, 0.15) is 0 Å². The van der Waals surface area contributed by atoms with Crippen LogP contribution in [-0.4, -0.2) is 29.1 Å². The summed E-state index contributed by atoms with van der Waals surface area (Å²) >= 11 is 0. The van der Waals surface area contributed by atoms with Crippen molar-refractivity contribution in [1.29, 1.82) is 0 Å². The van der Waals surface area contributed by atoms with Gasteiger partial charge in [-0.15, -0.1) is 0 Å². The number of hydrogen-bond donors (Lipinski definition) is 1. The molecule has 1 heterocycles. The second-order valence-corrected chi connectivity index (χ2v) is 3.72. The first kappa shape index (κ1) is 8.11. The van der Waals surface area contributed by atoms with Crippen LogP contribution in [0.5, 0.6) is 0 Å². The zero-order chi connectivity index (χ0) is 8.48. The number of carboxylic acid groups (broad SMARTS) is 1. The van der Waals surface area contributed by atoms with E-state index in [1.165, 1.54) is 6.08 Å². The van der Waals surface area contributed by atoms with Crippen molar-refractivity contribution in [1.82, 2.24) is 4.90 Å². The first-order chi connectivity index (χ1) is 4.99. The van der Waals surface area contributed by atoms with Gasteiger partial charge in [-0.1, -0.05) is 13.8 Å². The van der Waals surface area contributed by atoms with E-state index in [0.29, 0.717) is 5.41 Å². The summed E-state index contributed by atoms with van der Waals surface area (Å²) in [5.41, 5.74) is 0.364. The highest BCUT2D eigenvalue weighted by molar-refractivity contribution is 5.79. The van der Waals surface area contributed by atoms with E-state index in [-0.39, 0.29) is 0 Å². The normalized spacial score (nSPS) is 21.8. The molecular formula is C8H13NO2. The Bertz CT molecular complexity index is 188. The molecule has 1 saturated heterocycles. The second kappa shape index (κ2) is 2.57. The topological polar surface area (TPSA) is 40.5 Å². The maximum Gasteiger partial charge on any atom is 0.329 e. The van der Waals surface area contributed by atoms with Gasteiger partial charge < -0.3 is 10.0 Å². The maximum absolute atomic E-state index is 10.1. The Morgan fingerprint density at radius 3 is 2.45 bits per heavy atom. The third-order valence-corrected chi connectivity index (χ3v) is 1.69. The summed E-state index contributed by atoms with van der Waals surface area (Å²) < 4.78 is 0. The van der Waals surface area contributed by atoms with E-state index in [4.69, 9.17) is 5.11 Å². The van der Waals surface area contributed by atoms with Crippen molar-refractivity contribution in [2.45, 2.75) is 13.8 Å². The van der Waals surface area contributed by atoms with Gasteiger partial charge in [-0.2, -0.15) is 0 Å². The molecule has 0 radical (unpaired) electrons. The van der Waals surface area contributed by atoms with Gasteiger partial charge in [0, 0.05) is 25.4 Å². The molecule has 1 rings (SSSR count). The number of carboxylic acids is 1. The molecule has 1 N–H and O–H groups in total. The Hall–Kier alpha value is -0.990. The molecule has 1 aliphatic heterocycles. The summed E-state index contributed by atoms with van der Waals surface area (Å²) in [5.74, 6) is -0.880. The second-order valence-electron chi connectivity index (χ2n) is 3.72. The van der Waals surface area contributed by atoms with Gasteiger partial charge in [0.2, 0.25) is 0 Å². The molecule has 0 aliphatic carbocycles. The molecule has 0 unspecified atom stereocenters. The van der Waals surface area contributed by atoms with E-state index in [1.807, 2.05) is 4.90 Å². The van der Waals surface area contributed by atoms with Crippen LogP contribution in [0.25, 0.3) is 0 Å². The van der Waals surface area contributed by atoms with Crippen LogP contribution in [0.15, 0.2) is 12.3 Å². The zero-order valence-corrected chi connectivity index (χ0v) is 6.87. The van der Waals surface area contributed by atoms with Crippen LogP contribution < -0.4 is 0 Å². The van der Waals surface area contributed by atoms with Crippen molar-refractivity contribution in [3.63, 3.8) is 0 Å². The smallest absolute Gasteiger partial charge is 0.329 e. The number of aliphatic carboxylic acids is 1. The first-order valence-corrected chi connectivity index (χ1v) is 3.65. The van der Waals surface area contributed by atoms with Crippen molar-refractivity contribution in [2.75, 3.05) is 13.1 Å². The average molecular weight is 155 g/mol. The lowest BCUT2D eigenvalue weighted by molar-refractivity contribution is -0.131. The highest BCUT2D eigenvalue weighted by Crippen LogP contribution is 2.28. The van der Waals surface area contributed by atoms with Crippen LogP contribution in [-0.2, 0) is 4.79 Å². The van der Waals surface area contributed by atoms with E-state index in [9.17, 15) is 4.79 Å². The van der Waals surface area contributed by atoms with E-state index < -0.39 is 5.97 Å². The van der Waals surface area contributed by atoms with Crippen LogP contribution in [0.1, 0.15) is 13.8 Å². The lowest BCUT2D eigenvalue weighted by Gasteiger charge is -2.45. The summed E-state index contributed by atoms with van der Waals surface area (Å²) in [7, 11) is 0. The predicted octanol–water partition coefficient (Wildman–Crippen LogP) is 0.926. The Balaban J connectivity index is 2.29. The molecule has 3 nitrogen and oxygen atoms in total. The fourth-order valence-electron chi connectivity index (χ4n) is 1.33. The van der Waals surface area contributed by atoms with Gasteiger partial charge in [0.05, 0.1) is 0 Å². The average Bonchev–Trinajstić information content (AvgIpc) is 1.78. The standard InChI is InChI=1S/C8H13NO2/c1-8(2)5-9(6-8)4-3-7(10)11/h3-4H,5-6H2,1-2H3,(H,10,11)/b4-3+. The lowest BCUT2D eigenvalue weighted by atomic mass is 9.85. The highest BCUT2D eigenvalue weighted by Gasteiger charge is 2.31. The van der Waals surface area contributed by atoms with E-state index in [2.05, 4.69) is 13.8 Å². The number of likely N-dealkylation sites (tertiary alicyclic amines) is 1. The minimum atomic E-state index is -0.880. The third-order valence-electron chi connectivity index (χ3n) is 1.69. The van der Waals surface area contributed by atoms with Crippen LogP contribution in [0.4, 0.5) is 0 Å². The Kier molecular flexibility index (Phi) is 1.89. The monoisotopic (exact) mass is 155 g/mol. The molecule has 0 amide bonds. The molecule has 1 aliphatic rings. The van der Waals surface area contributed by atoms with E-state index >= 15 is 0 Å². The summed E-state index contributed by atoms with van der Waals surface area (Å²) in [6, 6.07) is 0. The minimum absolute atomic E-state index is 0.364. The molecule has 11 heavy (non-hydrogen) atoms. The van der Waals surface area contributed by atoms with Gasteiger partial charge in [-0.25, -0.2) is 4.79 Å². The van der Waals surface area contributed by atoms with E-state index in [0.717, 1.165) is 13.1 Å². The Morgan fingerprint density at radius 2 is 2.09 bits per heavy atom. The fourth-order valence-corrected chi connectivity index (χ4v) is 1.33.